The molecule has 1 aliphatic rings. The van der Waals surface area contributed by atoms with Crippen molar-refractivity contribution < 1.29 is 9.59 Å². The van der Waals surface area contributed by atoms with Crippen LogP contribution in [-0.2, 0) is 5.41 Å². The van der Waals surface area contributed by atoms with Crippen LogP contribution in [0.4, 0.5) is 0 Å². The van der Waals surface area contributed by atoms with Crippen molar-refractivity contribution in [1.29, 1.82) is 0 Å². The molecule has 0 spiro atoms. The van der Waals surface area contributed by atoms with Gasteiger partial charge in [-0.2, -0.15) is 0 Å². The van der Waals surface area contributed by atoms with Crippen LogP contribution in [0, 0.1) is 13.8 Å². The van der Waals surface area contributed by atoms with Crippen molar-refractivity contribution in [3.63, 3.8) is 0 Å². The minimum atomic E-state index is -0.129. The molecule has 0 unspecified atom stereocenters. The second kappa shape index (κ2) is 6.87. The Kier molecular flexibility index (Phi) is 4.80. The van der Waals surface area contributed by atoms with Crippen LogP contribution in [0.1, 0.15) is 70.3 Å². The molecule has 4 nitrogen and oxygen atoms in total. The number of ketones is 1. The number of carbonyl (C=O) groups is 2. The zero-order valence-electron chi connectivity index (χ0n) is 15.2. The average molecular weight is 338 g/mol. The van der Waals surface area contributed by atoms with Crippen LogP contribution >= 0.6 is 0 Å². The van der Waals surface area contributed by atoms with Crippen molar-refractivity contribution in [2.24, 2.45) is 0 Å². The molecule has 1 amide bonds. The fraction of sp³-hybridized carbons (Fsp3) is 0.429. The van der Waals surface area contributed by atoms with Gasteiger partial charge in [-0.25, -0.2) is 0 Å². The number of aromatic amines is 1. The zero-order chi connectivity index (χ0) is 18.0. The van der Waals surface area contributed by atoms with E-state index in [4.69, 9.17) is 0 Å². The second-order valence-electron chi connectivity index (χ2n) is 7.22. The van der Waals surface area contributed by atoms with Gasteiger partial charge >= 0.3 is 0 Å². The van der Waals surface area contributed by atoms with E-state index in [0.29, 0.717) is 17.8 Å². The summed E-state index contributed by atoms with van der Waals surface area (Å²) >= 11 is 0. The molecule has 132 valence electrons. The Morgan fingerprint density at radius 3 is 2.32 bits per heavy atom. The molecule has 0 radical (unpaired) electrons. The SMILES string of the molecule is CC(=O)c1c(C)[nH]c(C(=O)NCC2(c3ccccc3)CCCC2)c1C. The molecule has 1 aromatic carbocycles. The third-order valence-electron chi connectivity index (χ3n) is 5.55. The number of aromatic nitrogens is 1. The van der Waals surface area contributed by atoms with E-state index in [2.05, 4.69) is 34.6 Å². The lowest BCUT2D eigenvalue weighted by atomic mass is 9.79. The summed E-state index contributed by atoms with van der Waals surface area (Å²) < 4.78 is 0. The number of rotatable bonds is 5. The van der Waals surface area contributed by atoms with Gasteiger partial charge < -0.3 is 10.3 Å². The first kappa shape index (κ1) is 17.5. The fourth-order valence-electron chi connectivity index (χ4n) is 4.25. The fourth-order valence-corrected chi connectivity index (χ4v) is 4.25. The van der Waals surface area contributed by atoms with Crippen molar-refractivity contribution in [2.45, 2.75) is 51.9 Å². The van der Waals surface area contributed by atoms with E-state index < -0.39 is 0 Å². The number of H-pyrrole nitrogens is 1. The minimum absolute atomic E-state index is 0.0122. The first-order chi connectivity index (χ1) is 11.9. The molecule has 4 heteroatoms. The standard InChI is InChI=1S/C21H26N2O2/c1-14-18(16(3)24)15(2)23-19(14)20(25)22-13-21(11-7-8-12-21)17-9-5-4-6-10-17/h4-6,9-10,23H,7-8,11-13H2,1-3H3,(H,22,25). The Balaban J connectivity index is 1.80. The first-order valence-corrected chi connectivity index (χ1v) is 8.98. The van der Waals surface area contributed by atoms with Gasteiger partial charge in [-0.1, -0.05) is 43.2 Å². The highest BCUT2D eigenvalue weighted by molar-refractivity contribution is 6.02. The monoisotopic (exact) mass is 338 g/mol. The van der Waals surface area contributed by atoms with E-state index in [1.54, 1.807) is 0 Å². The second-order valence-corrected chi connectivity index (χ2v) is 7.22. The molecule has 1 fully saturated rings. The quantitative estimate of drug-likeness (QED) is 0.807. The number of carbonyl (C=O) groups excluding carboxylic acids is 2. The van der Waals surface area contributed by atoms with Gasteiger partial charge in [0.15, 0.2) is 5.78 Å². The highest BCUT2D eigenvalue weighted by atomic mass is 16.2. The first-order valence-electron chi connectivity index (χ1n) is 8.98. The van der Waals surface area contributed by atoms with Crippen molar-refractivity contribution in [3.8, 4) is 0 Å². The van der Waals surface area contributed by atoms with E-state index in [1.165, 1.54) is 25.3 Å². The van der Waals surface area contributed by atoms with E-state index in [1.807, 2.05) is 19.9 Å². The Morgan fingerprint density at radius 2 is 1.76 bits per heavy atom. The Bertz CT molecular complexity index is 784. The molecule has 0 bridgehead atoms. The highest BCUT2D eigenvalue weighted by Gasteiger charge is 2.36. The minimum Gasteiger partial charge on any atom is -0.354 e. The molecule has 2 N–H and O–H groups in total. The molecule has 0 aliphatic heterocycles. The lowest BCUT2D eigenvalue weighted by molar-refractivity contribution is 0.0938. The molecule has 1 saturated carbocycles. The predicted molar refractivity (Wildman–Crippen MR) is 99.2 cm³/mol. The van der Waals surface area contributed by atoms with Crippen molar-refractivity contribution in [3.05, 3.63) is 58.4 Å². The molecular formula is C21H26N2O2. The molecule has 1 aliphatic carbocycles. The average Bonchev–Trinajstić information content (AvgIpc) is 3.19. The summed E-state index contributed by atoms with van der Waals surface area (Å²) in [5, 5.41) is 3.12. The molecule has 3 rings (SSSR count). The van der Waals surface area contributed by atoms with Crippen LogP contribution in [0.15, 0.2) is 30.3 Å². The zero-order valence-corrected chi connectivity index (χ0v) is 15.2. The summed E-state index contributed by atoms with van der Waals surface area (Å²) in [6.07, 6.45) is 4.58. The number of benzene rings is 1. The van der Waals surface area contributed by atoms with Crippen LogP contribution in [-0.4, -0.2) is 23.2 Å². The van der Waals surface area contributed by atoms with E-state index in [9.17, 15) is 9.59 Å². The lowest BCUT2D eigenvalue weighted by Gasteiger charge is -2.30. The number of Topliss-reactive ketones (excluding diaryl/α,β-unsaturated/α-hetero) is 1. The van der Waals surface area contributed by atoms with Crippen LogP contribution < -0.4 is 5.32 Å². The van der Waals surface area contributed by atoms with Crippen LogP contribution in [0.5, 0.6) is 0 Å². The molecule has 1 heterocycles. The van der Waals surface area contributed by atoms with Gasteiger partial charge in [0.25, 0.3) is 5.91 Å². The van der Waals surface area contributed by atoms with Gasteiger partial charge in [0, 0.05) is 23.2 Å². The normalized spacial score (nSPS) is 16.0. The topological polar surface area (TPSA) is 62.0 Å². The van der Waals surface area contributed by atoms with E-state index in [0.717, 1.165) is 24.1 Å². The van der Waals surface area contributed by atoms with Crippen LogP contribution in [0.2, 0.25) is 0 Å². The molecular weight excluding hydrogens is 312 g/mol. The summed E-state index contributed by atoms with van der Waals surface area (Å²) in [5.41, 5.74) is 3.95. The lowest BCUT2D eigenvalue weighted by Crippen LogP contribution is -2.39. The Labute approximate surface area is 149 Å². The smallest absolute Gasteiger partial charge is 0.268 e. The maximum Gasteiger partial charge on any atom is 0.268 e. The van der Waals surface area contributed by atoms with Crippen molar-refractivity contribution >= 4 is 11.7 Å². The summed E-state index contributed by atoms with van der Waals surface area (Å²) in [7, 11) is 0. The van der Waals surface area contributed by atoms with Gasteiger partial charge in [0.2, 0.25) is 0 Å². The van der Waals surface area contributed by atoms with E-state index in [-0.39, 0.29) is 17.1 Å². The largest absolute Gasteiger partial charge is 0.354 e. The molecule has 0 saturated heterocycles. The third-order valence-corrected chi connectivity index (χ3v) is 5.55. The van der Waals surface area contributed by atoms with Crippen molar-refractivity contribution in [1.82, 2.24) is 10.3 Å². The number of aryl methyl sites for hydroxylation is 1. The Morgan fingerprint density at radius 1 is 1.12 bits per heavy atom. The molecule has 25 heavy (non-hydrogen) atoms. The number of hydrogen-bond donors (Lipinski definition) is 2. The maximum absolute atomic E-state index is 12.7. The maximum atomic E-state index is 12.7. The predicted octanol–water partition coefficient (Wildman–Crippen LogP) is 4.08. The number of nitrogens with one attached hydrogen (secondary N) is 2. The summed E-state index contributed by atoms with van der Waals surface area (Å²) in [6.45, 7) is 5.83. The van der Waals surface area contributed by atoms with E-state index >= 15 is 0 Å². The molecule has 1 aromatic heterocycles. The van der Waals surface area contributed by atoms with Gasteiger partial charge in [0.05, 0.1) is 0 Å². The van der Waals surface area contributed by atoms with Crippen LogP contribution in [0.3, 0.4) is 0 Å². The van der Waals surface area contributed by atoms with Crippen molar-refractivity contribution in [2.75, 3.05) is 6.54 Å². The summed E-state index contributed by atoms with van der Waals surface area (Å²) in [6, 6.07) is 10.5. The third kappa shape index (κ3) is 3.26. The molecule has 0 atom stereocenters. The Hall–Kier alpha value is -2.36. The number of hydrogen-bond acceptors (Lipinski definition) is 2. The van der Waals surface area contributed by atoms with Crippen LogP contribution in [0.25, 0.3) is 0 Å². The summed E-state index contributed by atoms with van der Waals surface area (Å²) in [4.78, 5) is 27.6. The van der Waals surface area contributed by atoms with Gasteiger partial charge in [-0.3, -0.25) is 9.59 Å². The van der Waals surface area contributed by atoms with Gasteiger partial charge in [0.1, 0.15) is 5.69 Å². The summed E-state index contributed by atoms with van der Waals surface area (Å²) in [5.74, 6) is -0.142. The number of amides is 1. The van der Waals surface area contributed by atoms with Gasteiger partial charge in [-0.15, -0.1) is 0 Å². The molecule has 2 aromatic rings. The highest BCUT2D eigenvalue weighted by Crippen LogP contribution is 2.40. The van der Waals surface area contributed by atoms with Gasteiger partial charge in [-0.05, 0) is 44.7 Å².